The number of para-hydroxylation sites is 1. The van der Waals surface area contributed by atoms with Gasteiger partial charge in [0.15, 0.2) is 6.10 Å². The molecule has 0 saturated carbocycles. The van der Waals surface area contributed by atoms with Gasteiger partial charge in [0, 0.05) is 12.6 Å². The van der Waals surface area contributed by atoms with Crippen LogP contribution in [0, 0.1) is 0 Å². The SMILES string of the molecule is O=C(C(O)C(O)c1nc2ccccc2s1)N1CCCC1Cc1ccccc1. The molecule has 140 valence electrons. The van der Waals surface area contributed by atoms with Crippen molar-refractivity contribution in [3.05, 3.63) is 65.2 Å². The van der Waals surface area contributed by atoms with Crippen LogP contribution >= 0.6 is 11.3 Å². The number of nitrogens with zero attached hydrogens (tertiary/aromatic N) is 2. The number of amides is 1. The predicted octanol–water partition coefficient (Wildman–Crippen LogP) is 2.92. The van der Waals surface area contributed by atoms with E-state index in [2.05, 4.69) is 4.98 Å². The average molecular weight is 382 g/mol. The van der Waals surface area contributed by atoms with Crippen molar-refractivity contribution >= 4 is 27.5 Å². The summed E-state index contributed by atoms with van der Waals surface area (Å²) in [6.45, 7) is 0.611. The van der Waals surface area contributed by atoms with Gasteiger partial charge in [0.05, 0.1) is 10.2 Å². The van der Waals surface area contributed by atoms with Crippen molar-refractivity contribution in [3.63, 3.8) is 0 Å². The summed E-state index contributed by atoms with van der Waals surface area (Å²) in [5.74, 6) is -0.416. The molecule has 4 rings (SSSR count). The largest absolute Gasteiger partial charge is 0.383 e. The average Bonchev–Trinajstić information content (AvgIpc) is 3.33. The van der Waals surface area contributed by atoms with E-state index in [0.717, 1.165) is 29.5 Å². The third kappa shape index (κ3) is 3.74. The van der Waals surface area contributed by atoms with Gasteiger partial charge in [-0.2, -0.15) is 0 Å². The molecule has 1 fully saturated rings. The molecule has 2 heterocycles. The Morgan fingerprint density at radius 1 is 1.15 bits per heavy atom. The van der Waals surface area contributed by atoms with Crippen LogP contribution in [0.3, 0.4) is 0 Å². The Labute approximate surface area is 161 Å². The lowest BCUT2D eigenvalue weighted by Crippen LogP contribution is -2.45. The van der Waals surface area contributed by atoms with Crippen LogP contribution in [0.5, 0.6) is 0 Å². The monoisotopic (exact) mass is 382 g/mol. The molecule has 0 aliphatic carbocycles. The molecule has 0 spiro atoms. The minimum Gasteiger partial charge on any atom is -0.383 e. The third-order valence-electron chi connectivity index (χ3n) is 5.09. The number of rotatable bonds is 5. The molecule has 6 heteroatoms. The van der Waals surface area contributed by atoms with Crippen molar-refractivity contribution in [1.29, 1.82) is 0 Å². The zero-order valence-corrected chi connectivity index (χ0v) is 15.7. The number of hydrogen-bond donors (Lipinski definition) is 2. The van der Waals surface area contributed by atoms with Crippen LogP contribution < -0.4 is 0 Å². The summed E-state index contributed by atoms with van der Waals surface area (Å²) in [5, 5.41) is 21.5. The summed E-state index contributed by atoms with van der Waals surface area (Å²) < 4.78 is 0.925. The van der Waals surface area contributed by atoms with Gasteiger partial charge in [-0.15, -0.1) is 11.3 Å². The smallest absolute Gasteiger partial charge is 0.254 e. The van der Waals surface area contributed by atoms with Gasteiger partial charge in [-0.25, -0.2) is 4.98 Å². The van der Waals surface area contributed by atoms with Crippen LogP contribution in [0.1, 0.15) is 29.5 Å². The van der Waals surface area contributed by atoms with Gasteiger partial charge in [0.25, 0.3) is 5.91 Å². The molecule has 3 aromatic rings. The first-order valence-corrected chi connectivity index (χ1v) is 10.0. The number of likely N-dealkylation sites (tertiary alicyclic amines) is 1. The van der Waals surface area contributed by atoms with Gasteiger partial charge >= 0.3 is 0 Å². The number of thiazole rings is 1. The van der Waals surface area contributed by atoms with E-state index in [-0.39, 0.29) is 6.04 Å². The van der Waals surface area contributed by atoms with E-state index in [1.54, 1.807) is 4.90 Å². The van der Waals surface area contributed by atoms with Crippen molar-refractivity contribution in [2.45, 2.75) is 37.5 Å². The number of aliphatic hydroxyl groups is 2. The van der Waals surface area contributed by atoms with Crippen molar-refractivity contribution in [2.75, 3.05) is 6.54 Å². The minimum absolute atomic E-state index is 0.0529. The molecule has 5 nitrogen and oxygen atoms in total. The Balaban J connectivity index is 1.48. The molecule has 27 heavy (non-hydrogen) atoms. The highest BCUT2D eigenvalue weighted by Crippen LogP contribution is 2.30. The standard InChI is InChI=1S/C21H22N2O3S/c24-18(20-22-16-10-4-5-11-17(16)27-20)19(25)21(26)23-12-6-9-15(23)13-14-7-2-1-3-8-14/h1-5,7-8,10-11,15,18-19,24-25H,6,9,12-13H2. The Hall–Kier alpha value is -2.28. The molecule has 0 bridgehead atoms. The lowest BCUT2D eigenvalue weighted by Gasteiger charge is -2.28. The second-order valence-corrected chi connectivity index (χ2v) is 7.99. The molecule has 1 aliphatic rings. The summed E-state index contributed by atoms with van der Waals surface area (Å²) in [6, 6.07) is 17.6. The fraction of sp³-hybridized carbons (Fsp3) is 0.333. The molecule has 2 N–H and O–H groups in total. The second-order valence-electron chi connectivity index (χ2n) is 6.93. The predicted molar refractivity (Wildman–Crippen MR) is 105 cm³/mol. The summed E-state index contributed by atoms with van der Waals surface area (Å²) in [4.78, 5) is 19.0. The van der Waals surface area contributed by atoms with E-state index >= 15 is 0 Å². The Kier molecular flexibility index (Phi) is 5.20. The number of fused-ring (bicyclic) bond motifs is 1. The van der Waals surface area contributed by atoms with Crippen LogP contribution in [0.4, 0.5) is 0 Å². The minimum atomic E-state index is -1.50. The van der Waals surface area contributed by atoms with E-state index < -0.39 is 18.1 Å². The van der Waals surface area contributed by atoms with E-state index in [1.807, 2.05) is 54.6 Å². The van der Waals surface area contributed by atoms with E-state index in [9.17, 15) is 15.0 Å². The van der Waals surface area contributed by atoms with Crippen molar-refractivity contribution in [2.24, 2.45) is 0 Å². The van der Waals surface area contributed by atoms with Crippen molar-refractivity contribution in [3.8, 4) is 0 Å². The van der Waals surface area contributed by atoms with Gasteiger partial charge in [0.2, 0.25) is 0 Å². The highest BCUT2D eigenvalue weighted by atomic mass is 32.1. The van der Waals surface area contributed by atoms with Gasteiger partial charge in [-0.3, -0.25) is 4.79 Å². The van der Waals surface area contributed by atoms with Crippen LogP contribution in [0.15, 0.2) is 54.6 Å². The maximum absolute atomic E-state index is 12.9. The molecule has 3 unspecified atom stereocenters. The number of aliphatic hydroxyl groups excluding tert-OH is 2. The number of aromatic nitrogens is 1. The highest BCUT2D eigenvalue weighted by Gasteiger charge is 2.36. The zero-order valence-electron chi connectivity index (χ0n) is 14.9. The molecule has 1 saturated heterocycles. The van der Waals surface area contributed by atoms with Gasteiger partial charge in [0.1, 0.15) is 11.1 Å². The number of hydrogen-bond acceptors (Lipinski definition) is 5. The van der Waals surface area contributed by atoms with E-state index in [0.29, 0.717) is 11.6 Å². The van der Waals surface area contributed by atoms with Crippen LogP contribution in [-0.4, -0.2) is 44.7 Å². The lowest BCUT2D eigenvalue weighted by molar-refractivity contribution is -0.147. The summed E-state index contributed by atoms with van der Waals surface area (Å²) >= 11 is 1.31. The molecular formula is C21H22N2O3S. The lowest BCUT2D eigenvalue weighted by atomic mass is 10.0. The second kappa shape index (κ2) is 7.76. The summed E-state index contributed by atoms with van der Waals surface area (Å²) in [5.41, 5.74) is 1.93. The maximum atomic E-state index is 12.9. The van der Waals surface area contributed by atoms with Gasteiger partial charge in [-0.05, 0) is 37.0 Å². The molecule has 2 aromatic carbocycles. The van der Waals surface area contributed by atoms with Gasteiger partial charge in [-0.1, -0.05) is 42.5 Å². The molecule has 0 radical (unpaired) electrons. The van der Waals surface area contributed by atoms with Crippen molar-refractivity contribution < 1.29 is 15.0 Å². The first kappa shape index (κ1) is 18.1. The normalized spacial score (nSPS) is 19.3. The van der Waals surface area contributed by atoms with Crippen molar-refractivity contribution in [1.82, 2.24) is 9.88 Å². The van der Waals surface area contributed by atoms with Crippen LogP contribution in [0.2, 0.25) is 0 Å². The number of carbonyl (C=O) groups is 1. The highest BCUT2D eigenvalue weighted by molar-refractivity contribution is 7.18. The van der Waals surface area contributed by atoms with E-state index in [4.69, 9.17) is 0 Å². The van der Waals surface area contributed by atoms with Crippen LogP contribution in [-0.2, 0) is 11.2 Å². The Bertz CT molecular complexity index is 894. The first-order valence-electron chi connectivity index (χ1n) is 9.19. The maximum Gasteiger partial charge on any atom is 0.254 e. The molecule has 1 aliphatic heterocycles. The fourth-order valence-electron chi connectivity index (χ4n) is 3.68. The Morgan fingerprint density at radius 3 is 2.67 bits per heavy atom. The first-order chi connectivity index (χ1) is 13.1. The molecule has 1 aromatic heterocycles. The number of carbonyl (C=O) groups excluding carboxylic acids is 1. The zero-order chi connectivity index (χ0) is 18.8. The third-order valence-corrected chi connectivity index (χ3v) is 6.20. The quantitative estimate of drug-likeness (QED) is 0.712. The molecule has 3 atom stereocenters. The fourth-order valence-corrected chi connectivity index (χ4v) is 4.66. The molecule has 1 amide bonds. The summed E-state index contributed by atoms with van der Waals surface area (Å²) in [6.07, 6.45) is -0.233. The summed E-state index contributed by atoms with van der Waals surface area (Å²) in [7, 11) is 0. The molecular weight excluding hydrogens is 360 g/mol. The Morgan fingerprint density at radius 2 is 1.89 bits per heavy atom. The topological polar surface area (TPSA) is 73.7 Å². The van der Waals surface area contributed by atoms with Crippen LogP contribution in [0.25, 0.3) is 10.2 Å². The van der Waals surface area contributed by atoms with E-state index in [1.165, 1.54) is 16.9 Å². The van der Waals surface area contributed by atoms with Gasteiger partial charge < -0.3 is 15.1 Å². The number of benzene rings is 2.